The number of benzene rings is 2. The maximum Gasteiger partial charge on any atom is 0.227 e. The van der Waals surface area contributed by atoms with Crippen LogP contribution in [0, 0.1) is 0 Å². The average Bonchev–Trinajstić information content (AvgIpc) is 3.44. The van der Waals surface area contributed by atoms with Crippen molar-refractivity contribution >= 4 is 22.6 Å². The van der Waals surface area contributed by atoms with Crippen LogP contribution in [-0.2, 0) is 11.3 Å². The standard InChI is InChI=1S/C30H41N3O2/c1-3-5-6-7-8-9-10-11-16-21-32-26-18-13-12-17-25(26)31-30(32)24-22-29(34)33(23-24)27-19-14-15-20-28(27)35-4-2/h12-15,17-20,24H,3-11,16,21-23H2,1-2H3. The summed E-state index contributed by atoms with van der Waals surface area (Å²) in [6.45, 7) is 6.43. The molecular weight excluding hydrogens is 434 g/mol. The SMILES string of the molecule is CCCCCCCCCCCn1c(C2CC(=O)N(c3ccccc3OCC)C2)nc2ccccc21. The monoisotopic (exact) mass is 475 g/mol. The number of amides is 1. The van der Waals surface area contributed by atoms with E-state index in [1.807, 2.05) is 42.2 Å². The molecule has 3 aromatic rings. The van der Waals surface area contributed by atoms with Crippen LogP contribution in [0.2, 0.25) is 0 Å². The van der Waals surface area contributed by atoms with Crippen LogP contribution >= 0.6 is 0 Å². The zero-order chi connectivity index (χ0) is 24.5. The predicted molar refractivity (Wildman–Crippen MR) is 144 cm³/mol. The highest BCUT2D eigenvalue weighted by Gasteiger charge is 2.35. The van der Waals surface area contributed by atoms with Crippen LogP contribution in [0.25, 0.3) is 11.0 Å². The van der Waals surface area contributed by atoms with Gasteiger partial charge in [0.1, 0.15) is 11.6 Å². The van der Waals surface area contributed by atoms with E-state index in [9.17, 15) is 4.79 Å². The van der Waals surface area contributed by atoms with E-state index < -0.39 is 0 Å². The van der Waals surface area contributed by atoms with Gasteiger partial charge >= 0.3 is 0 Å². The van der Waals surface area contributed by atoms with Crippen LogP contribution in [0.5, 0.6) is 5.75 Å². The minimum absolute atomic E-state index is 0.0862. The number of ether oxygens (including phenoxy) is 1. The highest BCUT2D eigenvalue weighted by atomic mass is 16.5. The second-order valence-corrected chi connectivity index (χ2v) is 9.74. The number of aryl methyl sites for hydroxylation is 1. The van der Waals surface area contributed by atoms with E-state index in [1.165, 1.54) is 56.9 Å². The number of anilines is 1. The van der Waals surface area contributed by atoms with Crippen molar-refractivity contribution in [3.05, 3.63) is 54.4 Å². The topological polar surface area (TPSA) is 47.4 Å². The van der Waals surface area contributed by atoms with Gasteiger partial charge in [-0.1, -0.05) is 82.6 Å². The van der Waals surface area contributed by atoms with Gasteiger partial charge in [-0.25, -0.2) is 4.98 Å². The van der Waals surface area contributed by atoms with Crippen LogP contribution < -0.4 is 9.64 Å². The van der Waals surface area contributed by atoms with Crippen molar-refractivity contribution < 1.29 is 9.53 Å². The van der Waals surface area contributed by atoms with E-state index in [0.29, 0.717) is 19.6 Å². The second kappa shape index (κ2) is 12.8. The molecule has 1 amide bonds. The normalized spacial score (nSPS) is 15.9. The number of rotatable bonds is 14. The Hall–Kier alpha value is -2.82. The Morgan fingerprint density at radius 2 is 1.57 bits per heavy atom. The summed E-state index contributed by atoms with van der Waals surface area (Å²) in [7, 11) is 0. The fraction of sp³-hybridized carbons (Fsp3) is 0.533. The first-order valence-corrected chi connectivity index (χ1v) is 13.7. The molecule has 2 heterocycles. The molecule has 5 nitrogen and oxygen atoms in total. The first kappa shape index (κ1) is 25.3. The molecule has 5 heteroatoms. The smallest absolute Gasteiger partial charge is 0.227 e. The number of fused-ring (bicyclic) bond motifs is 1. The minimum Gasteiger partial charge on any atom is -0.492 e. The highest BCUT2D eigenvalue weighted by molar-refractivity contribution is 5.97. The molecule has 0 bridgehead atoms. The van der Waals surface area contributed by atoms with Gasteiger partial charge in [-0.15, -0.1) is 0 Å². The van der Waals surface area contributed by atoms with Gasteiger partial charge in [0.25, 0.3) is 0 Å². The van der Waals surface area contributed by atoms with Crippen molar-refractivity contribution in [2.75, 3.05) is 18.1 Å². The Balaban J connectivity index is 1.43. The molecule has 0 N–H and O–H groups in total. The lowest BCUT2D eigenvalue weighted by Crippen LogP contribution is -2.25. The van der Waals surface area contributed by atoms with Crippen LogP contribution in [-0.4, -0.2) is 28.6 Å². The number of hydrogen-bond donors (Lipinski definition) is 0. The molecule has 0 radical (unpaired) electrons. The minimum atomic E-state index is 0.0862. The van der Waals surface area contributed by atoms with Gasteiger partial charge in [0.2, 0.25) is 5.91 Å². The van der Waals surface area contributed by atoms with E-state index in [4.69, 9.17) is 9.72 Å². The third-order valence-corrected chi connectivity index (χ3v) is 7.12. The van der Waals surface area contributed by atoms with Gasteiger partial charge < -0.3 is 14.2 Å². The molecule has 1 atom stereocenters. The zero-order valence-corrected chi connectivity index (χ0v) is 21.5. The Labute approximate surface area is 210 Å². The summed E-state index contributed by atoms with van der Waals surface area (Å²) in [5.74, 6) is 2.05. The van der Waals surface area contributed by atoms with E-state index in [-0.39, 0.29) is 11.8 Å². The first-order valence-electron chi connectivity index (χ1n) is 13.7. The molecule has 0 saturated carbocycles. The maximum absolute atomic E-state index is 13.1. The number of aromatic nitrogens is 2. The van der Waals surface area contributed by atoms with Crippen molar-refractivity contribution in [3.63, 3.8) is 0 Å². The maximum atomic E-state index is 13.1. The van der Waals surface area contributed by atoms with Crippen LogP contribution in [0.1, 0.15) is 89.8 Å². The Morgan fingerprint density at radius 1 is 0.886 bits per heavy atom. The molecule has 188 valence electrons. The number of nitrogens with zero attached hydrogens (tertiary/aromatic N) is 3. The van der Waals surface area contributed by atoms with Gasteiger partial charge in [0.15, 0.2) is 0 Å². The Bertz CT molecular complexity index is 1090. The van der Waals surface area contributed by atoms with Crippen LogP contribution in [0.4, 0.5) is 5.69 Å². The van der Waals surface area contributed by atoms with E-state index >= 15 is 0 Å². The molecule has 35 heavy (non-hydrogen) atoms. The third kappa shape index (κ3) is 6.25. The van der Waals surface area contributed by atoms with Gasteiger partial charge in [-0.3, -0.25) is 4.79 Å². The fourth-order valence-electron chi connectivity index (χ4n) is 5.29. The van der Waals surface area contributed by atoms with Gasteiger partial charge in [-0.2, -0.15) is 0 Å². The number of imidazole rings is 1. The van der Waals surface area contributed by atoms with Crippen molar-refractivity contribution in [1.82, 2.24) is 9.55 Å². The molecule has 1 aromatic heterocycles. The molecule has 1 aliphatic rings. The lowest BCUT2D eigenvalue weighted by molar-refractivity contribution is -0.117. The summed E-state index contributed by atoms with van der Waals surface area (Å²) in [6.07, 6.45) is 12.3. The summed E-state index contributed by atoms with van der Waals surface area (Å²) in [6, 6.07) is 16.2. The Morgan fingerprint density at radius 3 is 2.34 bits per heavy atom. The first-order chi connectivity index (χ1) is 17.2. The number of unbranched alkanes of at least 4 members (excludes halogenated alkanes) is 8. The predicted octanol–water partition coefficient (Wildman–Crippen LogP) is 7.49. The average molecular weight is 476 g/mol. The van der Waals surface area contributed by atoms with Crippen molar-refractivity contribution in [1.29, 1.82) is 0 Å². The molecule has 1 aliphatic heterocycles. The summed E-state index contributed by atoms with van der Waals surface area (Å²) in [5.41, 5.74) is 3.07. The van der Waals surface area contributed by atoms with Crippen LogP contribution in [0.3, 0.4) is 0 Å². The summed E-state index contributed by atoms with van der Waals surface area (Å²) in [5, 5.41) is 0. The summed E-state index contributed by atoms with van der Waals surface area (Å²) in [4.78, 5) is 20.0. The molecule has 1 saturated heterocycles. The number of carbonyl (C=O) groups excluding carboxylic acids is 1. The third-order valence-electron chi connectivity index (χ3n) is 7.12. The molecule has 2 aromatic carbocycles. The highest BCUT2D eigenvalue weighted by Crippen LogP contribution is 2.37. The molecule has 4 rings (SSSR count). The van der Waals surface area contributed by atoms with Gasteiger partial charge in [0.05, 0.1) is 23.3 Å². The van der Waals surface area contributed by atoms with E-state index in [0.717, 1.165) is 35.7 Å². The van der Waals surface area contributed by atoms with Crippen molar-refractivity contribution in [3.8, 4) is 5.75 Å². The summed E-state index contributed by atoms with van der Waals surface area (Å²) < 4.78 is 8.19. The number of carbonyl (C=O) groups is 1. The fourth-order valence-corrected chi connectivity index (χ4v) is 5.29. The van der Waals surface area contributed by atoms with E-state index in [2.05, 4.69) is 29.7 Å². The molecule has 0 aliphatic carbocycles. The zero-order valence-electron chi connectivity index (χ0n) is 21.5. The summed E-state index contributed by atoms with van der Waals surface area (Å²) >= 11 is 0. The molecule has 0 spiro atoms. The quantitative estimate of drug-likeness (QED) is 0.227. The molecular formula is C30H41N3O2. The van der Waals surface area contributed by atoms with E-state index in [1.54, 1.807) is 0 Å². The second-order valence-electron chi connectivity index (χ2n) is 9.74. The molecule has 1 fully saturated rings. The van der Waals surface area contributed by atoms with Gasteiger partial charge in [0, 0.05) is 25.4 Å². The van der Waals surface area contributed by atoms with Crippen molar-refractivity contribution in [2.45, 2.75) is 90.5 Å². The lowest BCUT2D eigenvalue weighted by Gasteiger charge is -2.20. The van der Waals surface area contributed by atoms with Crippen molar-refractivity contribution in [2.24, 2.45) is 0 Å². The number of hydrogen-bond acceptors (Lipinski definition) is 3. The Kier molecular flexibility index (Phi) is 9.21. The van der Waals surface area contributed by atoms with Gasteiger partial charge in [-0.05, 0) is 37.6 Å². The van der Waals surface area contributed by atoms with Crippen LogP contribution in [0.15, 0.2) is 48.5 Å². The molecule has 1 unspecified atom stereocenters. The lowest BCUT2D eigenvalue weighted by atomic mass is 10.1. The largest absolute Gasteiger partial charge is 0.492 e. The number of para-hydroxylation sites is 4.